The third-order valence-corrected chi connectivity index (χ3v) is 5.40. The highest BCUT2D eigenvalue weighted by molar-refractivity contribution is 5.82. The molecule has 162 valence electrons. The molecule has 0 fully saturated rings. The number of carbonyl (C=O) groups is 2. The van der Waals surface area contributed by atoms with Crippen LogP contribution in [-0.4, -0.2) is 36.7 Å². The first-order valence-electron chi connectivity index (χ1n) is 11.1. The second kappa shape index (κ2) is 13.2. The van der Waals surface area contributed by atoms with Gasteiger partial charge in [-0.15, -0.1) is 0 Å². The average molecular weight is 405 g/mol. The van der Waals surface area contributed by atoms with E-state index in [9.17, 15) is 14.7 Å². The molecular weight excluding hydrogens is 368 g/mol. The van der Waals surface area contributed by atoms with Gasteiger partial charge in [0.25, 0.3) is 0 Å². The largest absolute Gasteiger partial charge is 0.480 e. The molecule has 1 aliphatic rings. The quantitative estimate of drug-likeness (QED) is 0.303. The molecule has 0 spiro atoms. The number of aldehydes is 1. The predicted octanol–water partition coefficient (Wildman–Crippen LogP) is 5.17. The SMILES string of the molecule is CCCCCCCCCCCC1N(CC(=O)O)c2ccccc2N1OCCC=O. The van der Waals surface area contributed by atoms with E-state index in [1.54, 1.807) is 0 Å². The summed E-state index contributed by atoms with van der Waals surface area (Å²) in [6.07, 6.45) is 13.1. The zero-order valence-corrected chi connectivity index (χ0v) is 17.7. The fourth-order valence-electron chi connectivity index (χ4n) is 3.94. The van der Waals surface area contributed by atoms with E-state index in [1.807, 2.05) is 34.2 Å². The number of aliphatic carboxylic acids is 1. The Balaban J connectivity index is 1.90. The minimum absolute atomic E-state index is 0.0628. The molecule has 1 unspecified atom stereocenters. The Bertz CT molecular complexity index is 623. The molecular formula is C23H36N2O4. The number of para-hydroxylation sites is 2. The second-order valence-electron chi connectivity index (χ2n) is 7.72. The Morgan fingerprint density at radius 2 is 1.66 bits per heavy atom. The summed E-state index contributed by atoms with van der Waals surface area (Å²) in [6, 6.07) is 7.72. The van der Waals surface area contributed by atoms with Gasteiger partial charge in [0.15, 0.2) is 0 Å². The Hall–Kier alpha value is -2.08. The van der Waals surface area contributed by atoms with Crippen LogP contribution in [0.15, 0.2) is 24.3 Å². The first kappa shape index (κ1) is 23.2. The number of unbranched alkanes of at least 4 members (excludes halogenated alkanes) is 8. The number of carboxylic acids is 1. The van der Waals surface area contributed by atoms with Crippen LogP contribution in [0.4, 0.5) is 11.4 Å². The summed E-state index contributed by atoms with van der Waals surface area (Å²) in [6.45, 7) is 2.47. The van der Waals surface area contributed by atoms with Crippen molar-refractivity contribution >= 4 is 23.6 Å². The van der Waals surface area contributed by atoms with Crippen molar-refractivity contribution in [1.82, 2.24) is 0 Å². The number of carbonyl (C=O) groups excluding carboxylic acids is 1. The minimum Gasteiger partial charge on any atom is -0.480 e. The molecule has 1 N–H and O–H groups in total. The summed E-state index contributed by atoms with van der Waals surface area (Å²) in [7, 11) is 0. The summed E-state index contributed by atoms with van der Waals surface area (Å²) in [4.78, 5) is 29.9. The van der Waals surface area contributed by atoms with Gasteiger partial charge in [-0.1, -0.05) is 70.4 Å². The van der Waals surface area contributed by atoms with Crippen LogP contribution >= 0.6 is 0 Å². The van der Waals surface area contributed by atoms with Gasteiger partial charge in [0.2, 0.25) is 0 Å². The number of hydrogen-bond acceptors (Lipinski definition) is 5. The third kappa shape index (κ3) is 7.35. The Morgan fingerprint density at radius 1 is 1.03 bits per heavy atom. The molecule has 1 atom stereocenters. The van der Waals surface area contributed by atoms with Gasteiger partial charge in [0, 0.05) is 6.42 Å². The van der Waals surface area contributed by atoms with E-state index < -0.39 is 5.97 Å². The molecule has 0 amide bonds. The first-order valence-corrected chi connectivity index (χ1v) is 11.1. The number of nitrogens with zero attached hydrogens (tertiary/aromatic N) is 2. The number of benzene rings is 1. The topological polar surface area (TPSA) is 70.1 Å². The number of carboxylic acid groups (broad SMARTS) is 1. The van der Waals surface area contributed by atoms with Crippen molar-refractivity contribution in [2.75, 3.05) is 23.1 Å². The summed E-state index contributed by atoms with van der Waals surface area (Å²) in [5, 5.41) is 11.2. The molecule has 0 aliphatic carbocycles. The van der Waals surface area contributed by atoms with Crippen LogP contribution in [0.2, 0.25) is 0 Å². The van der Waals surface area contributed by atoms with Crippen LogP contribution in [0.3, 0.4) is 0 Å². The third-order valence-electron chi connectivity index (χ3n) is 5.40. The number of fused-ring (bicyclic) bond motifs is 1. The van der Waals surface area contributed by atoms with Gasteiger partial charge in [0.05, 0.1) is 18.0 Å². The van der Waals surface area contributed by atoms with Crippen molar-refractivity contribution in [1.29, 1.82) is 0 Å². The lowest BCUT2D eigenvalue weighted by molar-refractivity contribution is -0.135. The number of hydrogen-bond donors (Lipinski definition) is 1. The maximum atomic E-state index is 11.5. The minimum atomic E-state index is -0.855. The fraction of sp³-hybridized carbons (Fsp3) is 0.652. The zero-order chi connectivity index (χ0) is 20.9. The smallest absolute Gasteiger partial charge is 0.323 e. The standard InChI is InChI=1S/C23H36N2O4/c1-2-3-4-5-6-7-8-9-10-16-22-24(19-23(27)28)20-14-11-12-15-21(20)25(22)29-18-13-17-26/h11-12,14-15,17,22H,2-10,13,16,18-19H2,1H3,(H,27,28). The molecule has 0 aromatic heterocycles. The predicted molar refractivity (Wildman–Crippen MR) is 116 cm³/mol. The Kier molecular flexibility index (Phi) is 10.6. The molecule has 1 aromatic rings. The van der Waals surface area contributed by atoms with Crippen LogP contribution in [0.5, 0.6) is 0 Å². The van der Waals surface area contributed by atoms with Crippen molar-refractivity contribution in [3.8, 4) is 0 Å². The maximum Gasteiger partial charge on any atom is 0.323 e. The van der Waals surface area contributed by atoms with E-state index in [0.717, 1.165) is 36.9 Å². The van der Waals surface area contributed by atoms with Crippen molar-refractivity contribution in [3.05, 3.63) is 24.3 Å². The number of hydroxylamine groups is 1. The van der Waals surface area contributed by atoms with Gasteiger partial charge in [-0.3, -0.25) is 9.63 Å². The maximum absolute atomic E-state index is 11.5. The van der Waals surface area contributed by atoms with E-state index in [1.165, 1.54) is 44.9 Å². The van der Waals surface area contributed by atoms with Crippen LogP contribution in [0.25, 0.3) is 0 Å². The number of rotatable bonds is 16. The summed E-state index contributed by atoms with van der Waals surface area (Å²) >= 11 is 0. The molecule has 0 radical (unpaired) electrons. The highest BCUT2D eigenvalue weighted by atomic mass is 16.7. The molecule has 29 heavy (non-hydrogen) atoms. The van der Waals surface area contributed by atoms with E-state index in [-0.39, 0.29) is 12.7 Å². The fourth-order valence-corrected chi connectivity index (χ4v) is 3.94. The van der Waals surface area contributed by atoms with Gasteiger partial charge < -0.3 is 14.8 Å². The van der Waals surface area contributed by atoms with Crippen LogP contribution in [0.1, 0.15) is 77.6 Å². The average Bonchev–Trinajstić information content (AvgIpc) is 2.99. The van der Waals surface area contributed by atoms with Crippen LogP contribution in [0, 0.1) is 0 Å². The van der Waals surface area contributed by atoms with Gasteiger partial charge in [-0.25, -0.2) is 5.06 Å². The van der Waals surface area contributed by atoms with Crippen molar-refractivity contribution in [2.24, 2.45) is 0 Å². The van der Waals surface area contributed by atoms with E-state index in [2.05, 4.69) is 6.92 Å². The van der Waals surface area contributed by atoms with Gasteiger partial charge in [0.1, 0.15) is 19.0 Å². The zero-order valence-electron chi connectivity index (χ0n) is 17.7. The van der Waals surface area contributed by atoms with Crippen molar-refractivity contribution in [2.45, 2.75) is 83.7 Å². The molecule has 0 bridgehead atoms. The highest BCUT2D eigenvalue weighted by Crippen LogP contribution is 2.41. The normalized spacial score (nSPS) is 15.6. The molecule has 0 saturated carbocycles. The van der Waals surface area contributed by atoms with E-state index in [4.69, 9.17) is 4.84 Å². The van der Waals surface area contributed by atoms with Crippen molar-refractivity contribution < 1.29 is 19.5 Å². The summed E-state index contributed by atoms with van der Waals surface area (Å²) in [5.74, 6) is -0.855. The lowest BCUT2D eigenvalue weighted by atomic mass is 10.1. The summed E-state index contributed by atoms with van der Waals surface area (Å²) < 4.78 is 0. The van der Waals surface area contributed by atoms with Crippen molar-refractivity contribution in [3.63, 3.8) is 0 Å². The van der Waals surface area contributed by atoms with Crippen LogP contribution < -0.4 is 9.96 Å². The molecule has 6 heteroatoms. The highest BCUT2D eigenvalue weighted by Gasteiger charge is 2.37. The molecule has 0 saturated heterocycles. The first-order chi connectivity index (χ1) is 14.2. The molecule has 1 heterocycles. The number of anilines is 2. The molecule has 6 nitrogen and oxygen atoms in total. The van der Waals surface area contributed by atoms with E-state index in [0.29, 0.717) is 13.0 Å². The molecule has 1 aliphatic heterocycles. The lowest BCUT2D eigenvalue weighted by Gasteiger charge is -2.31. The van der Waals surface area contributed by atoms with E-state index >= 15 is 0 Å². The van der Waals surface area contributed by atoms with Gasteiger partial charge >= 0.3 is 5.97 Å². The Labute approximate surface area is 174 Å². The van der Waals surface area contributed by atoms with Crippen LogP contribution in [-0.2, 0) is 14.4 Å². The second-order valence-corrected chi connectivity index (χ2v) is 7.72. The molecule has 2 rings (SSSR count). The Morgan fingerprint density at radius 3 is 2.28 bits per heavy atom. The summed E-state index contributed by atoms with van der Waals surface area (Å²) in [5.41, 5.74) is 1.75. The lowest BCUT2D eigenvalue weighted by Crippen LogP contribution is -2.45. The monoisotopic (exact) mass is 404 g/mol. The molecule has 1 aromatic carbocycles. The van der Waals surface area contributed by atoms with Gasteiger partial charge in [-0.05, 0) is 25.0 Å². The van der Waals surface area contributed by atoms with Gasteiger partial charge in [-0.2, -0.15) is 0 Å².